The summed E-state index contributed by atoms with van der Waals surface area (Å²) < 4.78 is 14.5. The first kappa shape index (κ1) is 19.5. The summed E-state index contributed by atoms with van der Waals surface area (Å²) in [4.78, 5) is 17.4. The lowest BCUT2D eigenvalue weighted by Gasteiger charge is -2.10. The Balaban J connectivity index is 1.94. The lowest BCUT2D eigenvalue weighted by atomic mass is 10.2. The third kappa shape index (κ3) is 3.86. The molecule has 0 aliphatic carbocycles. The maximum Gasteiger partial charge on any atom is 0.297 e. The summed E-state index contributed by atoms with van der Waals surface area (Å²) >= 11 is 0. The fourth-order valence-corrected chi connectivity index (χ4v) is 2.94. The van der Waals surface area contributed by atoms with Gasteiger partial charge in [0, 0.05) is 13.3 Å². The molecule has 0 amide bonds. The monoisotopic (exact) mass is 379 g/mol. The highest BCUT2D eigenvalue weighted by molar-refractivity contribution is 5.83. The van der Waals surface area contributed by atoms with Crippen molar-refractivity contribution >= 4 is 11.9 Å². The van der Waals surface area contributed by atoms with Crippen molar-refractivity contribution < 1.29 is 9.47 Å². The van der Waals surface area contributed by atoms with Crippen molar-refractivity contribution in [3.8, 4) is 17.2 Å². The Hall–Kier alpha value is -3.28. The van der Waals surface area contributed by atoms with Crippen LogP contribution in [-0.4, -0.2) is 29.3 Å². The Bertz CT molecular complexity index is 1030. The number of hydrogen-bond acceptors (Lipinski definition) is 4. The first-order valence-corrected chi connectivity index (χ1v) is 9.25. The van der Waals surface area contributed by atoms with Crippen molar-refractivity contribution in [1.82, 2.24) is 9.36 Å². The largest absolute Gasteiger partial charge is 0.493 e. The highest BCUT2D eigenvalue weighted by Crippen LogP contribution is 2.28. The van der Waals surface area contributed by atoms with Gasteiger partial charge in [-0.05, 0) is 49.2 Å². The van der Waals surface area contributed by atoms with Gasteiger partial charge >= 0.3 is 0 Å². The highest BCUT2D eigenvalue weighted by Gasteiger charge is 2.15. The Morgan fingerprint density at radius 2 is 1.86 bits per heavy atom. The van der Waals surface area contributed by atoms with Gasteiger partial charge in [-0.2, -0.15) is 0 Å². The Labute approximate surface area is 164 Å². The van der Waals surface area contributed by atoms with Crippen LogP contribution in [0.3, 0.4) is 0 Å². The minimum atomic E-state index is -0.155. The summed E-state index contributed by atoms with van der Waals surface area (Å²) in [7, 11) is 3.46. The smallest absolute Gasteiger partial charge is 0.297 e. The molecule has 1 aromatic heterocycles. The van der Waals surface area contributed by atoms with Crippen molar-refractivity contribution in [2.45, 2.75) is 20.3 Å². The maximum absolute atomic E-state index is 12.9. The van der Waals surface area contributed by atoms with E-state index in [4.69, 9.17) is 9.47 Å². The number of methoxy groups -OCH3 is 1. The molecule has 0 aliphatic heterocycles. The Morgan fingerprint density at radius 3 is 2.54 bits per heavy atom. The van der Waals surface area contributed by atoms with Crippen LogP contribution in [0.4, 0.5) is 5.69 Å². The molecule has 0 bridgehead atoms. The molecule has 2 aromatic carbocycles. The fourth-order valence-electron chi connectivity index (χ4n) is 2.94. The number of aromatic nitrogens is 2. The predicted octanol–water partition coefficient (Wildman–Crippen LogP) is 4.03. The second-order valence-electron chi connectivity index (χ2n) is 6.43. The normalized spacial score (nSPS) is 11.1. The fraction of sp³-hybridized carbons (Fsp3) is 0.273. The molecular formula is C22H25N3O3. The molecule has 0 spiro atoms. The summed E-state index contributed by atoms with van der Waals surface area (Å²) in [6.07, 6.45) is 2.60. The molecule has 0 aliphatic rings. The van der Waals surface area contributed by atoms with Gasteiger partial charge in [0.25, 0.3) is 5.56 Å². The minimum Gasteiger partial charge on any atom is -0.493 e. The third-order valence-electron chi connectivity index (χ3n) is 4.52. The van der Waals surface area contributed by atoms with Crippen LogP contribution >= 0.6 is 0 Å². The highest BCUT2D eigenvalue weighted by atomic mass is 16.5. The Kier molecular flexibility index (Phi) is 5.99. The van der Waals surface area contributed by atoms with Crippen molar-refractivity contribution in [2.24, 2.45) is 12.0 Å². The second kappa shape index (κ2) is 8.61. The maximum atomic E-state index is 12.9. The summed E-state index contributed by atoms with van der Waals surface area (Å²) in [6.45, 7) is 4.57. The average molecular weight is 379 g/mol. The quantitative estimate of drug-likeness (QED) is 0.582. The Morgan fingerprint density at radius 1 is 1.11 bits per heavy atom. The van der Waals surface area contributed by atoms with Crippen LogP contribution in [-0.2, 0) is 7.05 Å². The van der Waals surface area contributed by atoms with Crippen LogP contribution in [0.1, 0.15) is 24.6 Å². The molecule has 0 saturated carbocycles. The SMILES string of the molecule is CCCOc1ccc(C=Nc2c(C)n(C)n(-c3ccccc3)c2=O)cc1OC. The van der Waals surface area contributed by atoms with E-state index >= 15 is 0 Å². The number of hydrogen-bond donors (Lipinski definition) is 0. The summed E-state index contributed by atoms with van der Waals surface area (Å²) in [5.41, 5.74) is 2.68. The van der Waals surface area contributed by atoms with E-state index in [9.17, 15) is 4.79 Å². The first-order valence-electron chi connectivity index (χ1n) is 9.25. The van der Waals surface area contributed by atoms with Crippen molar-refractivity contribution in [3.05, 3.63) is 70.1 Å². The van der Waals surface area contributed by atoms with E-state index in [2.05, 4.69) is 11.9 Å². The molecule has 0 saturated heterocycles. The summed E-state index contributed by atoms with van der Waals surface area (Å²) in [6, 6.07) is 15.1. The zero-order valence-electron chi connectivity index (χ0n) is 16.7. The van der Waals surface area contributed by atoms with E-state index in [-0.39, 0.29) is 5.56 Å². The molecular weight excluding hydrogens is 354 g/mol. The molecule has 0 atom stereocenters. The van der Waals surface area contributed by atoms with E-state index < -0.39 is 0 Å². The number of nitrogens with zero attached hydrogens (tertiary/aromatic N) is 3. The van der Waals surface area contributed by atoms with E-state index in [0.717, 1.165) is 23.4 Å². The number of benzene rings is 2. The number of aliphatic imine (C=N–C) groups is 1. The topological polar surface area (TPSA) is 57.8 Å². The van der Waals surface area contributed by atoms with Gasteiger partial charge in [0.1, 0.15) is 0 Å². The lowest BCUT2D eigenvalue weighted by molar-refractivity contribution is 0.294. The van der Waals surface area contributed by atoms with Gasteiger partial charge in [0.15, 0.2) is 17.2 Å². The molecule has 28 heavy (non-hydrogen) atoms. The van der Waals surface area contributed by atoms with Crippen LogP contribution in [0.15, 0.2) is 58.3 Å². The molecule has 6 heteroatoms. The predicted molar refractivity (Wildman–Crippen MR) is 112 cm³/mol. The summed E-state index contributed by atoms with van der Waals surface area (Å²) in [5.74, 6) is 1.34. The first-order chi connectivity index (χ1) is 13.6. The molecule has 0 radical (unpaired) electrons. The van der Waals surface area contributed by atoms with E-state index in [0.29, 0.717) is 23.8 Å². The van der Waals surface area contributed by atoms with E-state index in [1.54, 1.807) is 18.0 Å². The lowest BCUT2D eigenvalue weighted by Crippen LogP contribution is -2.19. The zero-order chi connectivity index (χ0) is 20.1. The van der Waals surface area contributed by atoms with E-state index in [1.165, 1.54) is 0 Å². The van der Waals surface area contributed by atoms with Crippen molar-refractivity contribution in [1.29, 1.82) is 0 Å². The van der Waals surface area contributed by atoms with Crippen LogP contribution in [0.2, 0.25) is 0 Å². The van der Waals surface area contributed by atoms with Gasteiger partial charge in [0.2, 0.25) is 0 Å². The van der Waals surface area contributed by atoms with Gasteiger partial charge in [-0.15, -0.1) is 0 Å². The zero-order valence-corrected chi connectivity index (χ0v) is 16.7. The van der Waals surface area contributed by atoms with Gasteiger partial charge in [-0.1, -0.05) is 25.1 Å². The van der Waals surface area contributed by atoms with Crippen LogP contribution in [0.25, 0.3) is 5.69 Å². The van der Waals surface area contributed by atoms with Gasteiger partial charge in [-0.25, -0.2) is 9.67 Å². The standard InChI is InChI=1S/C22H25N3O3/c1-5-13-28-19-12-11-17(14-20(19)27-4)15-23-21-16(2)24(3)25(22(21)26)18-9-7-6-8-10-18/h6-12,14-15H,5,13H2,1-4H3. The van der Waals surface area contributed by atoms with E-state index in [1.807, 2.05) is 67.2 Å². The number of para-hydroxylation sites is 1. The molecule has 146 valence electrons. The van der Waals surface area contributed by atoms with Crippen LogP contribution in [0, 0.1) is 6.92 Å². The van der Waals surface area contributed by atoms with Gasteiger partial charge in [0.05, 0.1) is 25.1 Å². The molecule has 0 unspecified atom stereocenters. The second-order valence-corrected chi connectivity index (χ2v) is 6.43. The molecule has 0 fully saturated rings. The third-order valence-corrected chi connectivity index (χ3v) is 4.52. The molecule has 3 aromatic rings. The average Bonchev–Trinajstić information content (AvgIpc) is 2.94. The minimum absolute atomic E-state index is 0.155. The number of ether oxygens (including phenoxy) is 2. The van der Waals surface area contributed by atoms with Crippen LogP contribution < -0.4 is 15.0 Å². The van der Waals surface area contributed by atoms with Crippen molar-refractivity contribution in [2.75, 3.05) is 13.7 Å². The molecule has 6 nitrogen and oxygen atoms in total. The molecule has 1 heterocycles. The van der Waals surface area contributed by atoms with Crippen LogP contribution in [0.5, 0.6) is 11.5 Å². The summed E-state index contributed by atoms with van der Waals surface area (Å²) in [5, 5.41) is 0. The molecule has 3 rings (SSSR count). The van der Waals surface area contributed by atoms with Gasteiger partial charge in [-0.3, -0.25) is 9.48 Å². The van der Waals surface area contributed by atoms with Gasteiger partial charge < -0.3 is 9.47 Å². The molecule has 0 N–H and O–H groups in total. The number of rotatable bonds is 7. The van der Waals surface area contributed by atoms with Crippen molar-refractivity contribution in [3.63, 3.8) is 0 Å².